The first-order valence-corrected chi connectivity index (χ1v) is 7.94. The topological polar surface area (TPSA) is 51.8 Å². The molecule has 0 spiro atoms. The minimum absolute atomic E-state index is 0.226. The Bertz CT molecular complexity index is 979. The summed E-state index contributed by atoms with van der Waals surface area (Å²) in [5.74, 6) is 1.13. The molecule has 0 unspecified atom stereocenters. The van der Waals surface area contributed by atoms with E-state index in [9.17, 15) is 4.79 Å². The molecule has 0 saturated carbocycles. The van der Waals surface area contributed by atoms with Crippen molar-refractivity contribution in [2.24, 2.45) is 4.99 Å². The molecule has 0 radical (unpaired) electrons. The predicted octanol–water partition coefficient (Wildman–Crippen LogP) is 4.60. The third-order valence-corrected chi connectivity index (χ3v) is 3.88. The van der Waals surface area contributed by atoms with Gasteiger partial charge in [0.05, 0.1) is 0 Å². The van der Waals surface area contributed by atoms with Crippen molar-refractivity contribution in [2.75, 3.05) is 0 Å². The van der Waals surface area contributed by atoms with Gasteiger partial charge in [0.1, 0.15) is 11.5 Å². The Kier molecular flexibility index (Phi) is 3.78. The molecule has 1 aliphatic rings. The van der Waals surface area contributed by atoms with Gasteiger partial charge in [-0.2, -0.15) is 0 Å². The summed E-state index contributed by atoms with van der Waals surface area (Å²) in [5, 5.41) is 0. The number of nitrogens with zero attached hydrogens (tertiary/aromatic N) is 1. The Morgan fingerprint density at radius 2 is 1.64 bits per heavy atom. The van der Waals surface area contributed by atoms with Gasteiger partial charge in [0.15, 0.2) is 5.70 Å². The van der Waals surface area contributed by atoms with Crippen LogP contribution in [0.3, 0.4) is 0 Å². The Labute approximate surface area is 145 Å². The van der Waals surface area contributed by atoms with Gasteiger partial charge in [0, 0.05) is 17.2 Å². The summed E-state index contributed by atoms with van der Waals surface area (Å²) in [6.45, 7) is 2.04. The molecular formula is C21H15NO3. The van der Waals surface area contributed by atoms with Crippen LogP contribution in [0.1, 0.15) is 16.9 Å². The number of aryl methyl sites for hydroxylation is 1. The van der Waals surface area contributed by atoms with Crippen molar-refractivity contribution < 1.29 is 13.9 Å². The third kappa shape index (κ3) is 3.15. The van der Waals surface area contributed by atoms with Crippen molar-refractivity contribution in [3.05, 3.63) is 89.3 Å². The van der Waals surface area contributed by atoms with Crippen molar-refractivity contribution in [2.45, 2.75) is 6.92 Å². The van der Waals surface area contributed by atoms with Gasteiger partial charge in [-0.15, -0.1) is 0 Å². The molecule has 122 valence electrons. The molecule has 4 heteroatoms. The highest BCUT2D eigenvalue weighted by Gasteiger charge is 2.24. The van der Waals surface area contributed by atoms with E-state index in [-0.39, 0.29) is 5.70 Å². The van der Waals surface area contributed by atoms with E-state index in [0.29, 0.717) is 11.7 Å². The number of rotatable bonds is 3. The van der Waals surface area contributed by atoms with Crippen LogP contribution in [0.4, 0.5) is 0 Å². The molecule has 4 nitrogen and oxygen atoms in total. The second kappa shape index (κ2) is 6.24. The standard InChI is InChI=1S/C21H15NO3/c1-14-7-9-15(10-8-14)19-12-11-17(24-19)13-18-21(23)25-20(22-18)16-5-3-2-4-6-16/h2-13H,1H3. The first kappa shape index (κ1) is 15.1. The van der Waals surface area contributed by atoms with Crippen LogP contribution in [0, 0.1) is 6.92 Å². The lowest BCUT2D eigenvalue weighted by Gasteiger charge is -1.97. The lowest BCUT2D eigenvalue weighted by molar-refractivity contribution is -0.129. The molecule has 4 rings (SSSR count). The van der Waals surface area contributed by atoms with E-state index < -0.39 is 5.97 Å². The molecule has 0 N–H and O–H groups in total. The van der Waals surface area contributed by atoms with Crippen molar-refractivity contribution in [1.82, 2.24) is 0 Å². The van der Waals surface area contributed by atoms with Crippen molar-refractivity contribution in [3.63, 3.8) is 0 Å². The van der Waals surface area contributed by atoms with E-state index in [0.717, 1.165) is 16.9 Å². The summed E-state index contributed by atoms with van der Waals surface area (Å²) in [4.78, 5) is 16.3. The number of esters is 1. The zero-order valence-electron chi connectivity index (χ0n) is 13.6. The van der Waals surface area contributed by atoms with E-state index >= 15 is 0 Å². The number of aliphatic imine (C=N–C) groups is 1. The number of ether oxygens (including phenoxy) is 1. The Balaban J connectivity index is 1.62. The smallest absolute Gasteiger partial charge is 0.363 e. The maximum absolute atomic E-state index is 12.0. The van der Waals surface area contributed by atoms with Crippen LogP contribution < -0.4 is 0 Å². The Hall–Kier alpha value is -3.40. The van der Waals surface area contributed by atoms with Gasteiger partial charge in [-0.05, 0) is 31.2 Å². The third-order valence-electron chi connectivity index (χ3n) is 3.88. The van der Waals surface area contributed by atoms with Crippen LogP contribution in [0.15, 0.2) is 81.8 Å². The number of furan rings is 1. The molecule has 0 aliphatic carbocycles. The van der Waals surface area contributed by atoms with E-state index in [1.807, 2.05) is 73.7 Å². The van der Waals surface area contributed by atoms with Crippen molar-refractivity contribution in [3.8, 4) is 11.3 Å². The molecule has 0 fully saturated rings. The number of cyclic esters (lactones) is 1. The zero-order valence-corrected chi connectivity index (χ0v) is 13.6. The molecule has 1 aliphatic heterocycles. The molecule has 2 aromatic carbocycles. The van der Waals surface area contributed by atoms with E-state index in [1.165, 1.54) is 5.56 Å². The second-order valence-corrected chi connectivity index (χ2v) is 5.77. The molecule has 3 aromatic rings. The van der Waals surface area contributed by atoms with Gasteiger partial charge < -0.3 is 9.15 Å². The largest absolute Gasteiger partial charge is 0.457 e. The van der Waals surface area contributed by atoms with Gasteiger partial charge >= 0.3 is 5.97 Å². The van der Waals surface area contributed by atoms with Crippen LogP contribution in [-0.2, 0) is 9.53 Å². The zero-order chi connectivity index (χ0) is 17.2. The average molecular weight is 329 g/mol. The van der Waals surface area contributed by atoms with Gasteiger partial charge in [0.2, 0.25) is 5.90 Å². The average Bonchev–Trinajstić information content (AvgIpc) is 3.24. The van der Waals surface area contributed by atoms with Gasteiger partial charge in [-0.25, -0.2) is 9.79 Å². The summed E-state index contributed by atoms with van der Waals surface area (Å²) in [6, 6.07) is 21.1. The number of benzene rings is 2. The fourth-order valence-electron chi connectivity index (χ4n) is 2.55. The molecule has 1 aromatic heterocycles. The van der Waals surface area contributed by atoms with Gasteiger partial charge in [0.25, 0.3) is 0 Å². The second-order valence-electron chi connectivity index (χ2n) is 5.77. The van der Waals surface area contributed by atoms with Crippen molar-refractivity contribution >= 4 is 17.9 Å². The van der Waals surface area contributed by atoms with E-state index in [1.54, 1.807) is 6.08 Å². The summed E-state index contributed by atoms with van der Waals surface area (Å²) in [5.41, 5.74) is 3.16. The molecular weight excluding hydrogens is 314 g/mol. The van der Waals surface area contributed by atoms with Crippen LogP contribution in [0.2, 0.25) is 0 Å². The van der Waals surface area contributed by atoms with Crippen LogP contribution in [0.5, 0.6) is 0 Å². The number of carbonyl (C=O) groups is 1. The number of hydrogen-bond donors (Lipinski definition) is 0. The highest BCUT2D eigenvalue weighted by atomic mass is 16.6. The summed E-state index contributed by atoms with van der Waals surface area (Å²) in [6.07, 6.45) is 1.59. The van der Waals surface area contributed by atoms with Crippen LogP contribution in [-0.4, -0.2) is 11.9 Å². The monoisotopic (exact) mass is 329 g/mol. The minimum atomic E-state index is -0.480. The SMILES string of the molecule is Cc1ccc(-c2ccc(C=C3N=C(c4ccccc4)OC3=O)o2)cc1. The summed E-state index contributed by atoms with van der Waals surface area (Å²) < 4.78 is 11.0. The molecule has 25 heavy (non-hydrogen) atoms. The fourth-order valence-corrected chi connectivity index (χ4v) is 2.55. The predicted molar refractivity (Wildman–Crippen MR) is 95.9 cm³/mol. The van der Waals surface area contributed by atoms with E-state index in [4.69, 9.17) is 9.15 Å². The first-order valence-electron chi connectivity index (χ1n) is 7.94. The minimum Gasteiger partial charge on any atom is -0.457 e. The molecule has 0 atom stereocenters. The summed E-state index contributed by atoms with van der Waals surface area (Å²) >= 11 is 0. The highest BCUT2D eigenvalue weighted by Crippen LogP contribution is 2.25. The highest BCUT2D eigenvalue weighted by molar-refractivity contribution is 6.12. The summed E-state index contributed by atoms with van der Waals surface area (Å²) in [7, 11) is 0. The maximum atomic E-state index is 12.0. The Morgan fingerprint density at radius 1 is 0.880 bits per heavy atom. The lowest BCUT2D eigenvalue weighted by Crippen LogP contribution is -2.04. The van der Waals surface area contributed by atoms with E-state index in [2.05, 4.69) is 4.99 Å². The van der Waals surface area contributed by atoms with Crippen LogP contribution >= 0.6 is 0 Å². The number of hydrogen-bond acceptors (Lipinski definition) is 4. The molecule has 0 amide bonds. The quantitative estimate of drug-likeness (QED) is 0.521. The maximum Gasteiger partial charge on any atom is 0.363 e. The van der Waals surface area contributed by atoms with Gasteiger partial charge in [-0.1, -0.05) is 48.0 Å². The Morgan fingerprint density at radius 3 is 2.40 bits per heavy atom. The lowest BCUT2D eigenvalue weighted by atomic mass is 10.1. The normalized spacial score (nSPS) is 15.3. The van der Waals surface area contributed by atoms with Crippen LogP contribution in [0.25, 0.3) is 17.4 Å². The molecule has 2 heterocycles. The van der Waals surface area contributed by atoms with Gasteiger partial charge in [-0.3, -0.25) is 0 Å². The fraction of sp³-hybridized carbons (Fsp3) is 0.0476. The molecule has 0 bridgehead atoms. The number of carbonyl (C=O) groups excluding carboxylic acids is 1. The van der Waals surface area contributed by atoms with Crippen molar-refractivity contribution in [1.29, 1.82) is 0 Å². The molecule has 0 saturated heterocycles. The first-order chi connectivity index (χ1) is 12.2.